The SMILES string of the molecule is CC(C)c1ccc(Cn2nc(C(=O)NC3=CCC(S(C)(=O)=O)C=C3)c3ccccc32)cc1. The van der Waals surface area contributed by atoms with Crippen molar-refractivity contribution in [2.24, 2.45) is 0 Å². The zero-order valence-electron chi connectivity index (χ0n) is 18.4. The van der Waals surface area contributed by atoms with Crippen LogP contribution >= 0.6 is 0 Å². The maximum absolute atomic E-state index is 13.0. The summed E-state index contributed by atoms with van der Waals surface area (Å²) in [5.74, 6) is 0.157. The number of benzene rings is 2. The molecule has 1 aliphatic carbocycles. The van der Waals surface area contributed by atoms with E-state index in [9.17, 15) is 13.2 Å². The average molecular weight is 450 g/mol. The molecule has 0 aliphatic heterocycles. The molecule has 1 amide bonds. The largest absolute Gasteiger partial charge is 0.321 e. The highest BCUT2D eigenvalue weighted by Crippen LogP contribution is 2.22. The van der Waals surface area contributed by atoms with E-state index in [4.69, 9.17) is 0 Å². The van der Waals surface area contributed by atoms with E-state index in [1.54, 1.807) is 18.2 Å². The number of sulfone groups is 1. The number of hydrogen-bond acceptors (Lipinski definition) is 4. The molecule has 7 heteroatoms. The molecule has 1 heterocycles. The van der Waals surface area contributed by atoms with Gasteiger partial charge in [-0.05, 0) is 35.6 Å². The molecule has 166 valence electrons. The van der Waals surface area contributed by atoms with Crippen LogP contribution in [0.25, 0.3) is 10.9 Å². The lowest BCUT2D eigenvalue weighted by Gasteiger charge is -2.14. The molecular formula is C25H27N3O3S. The molecule has 1 aliphatic rings. The van der Waals surface area contributed by atoms with Gasteiger partial charge in [-0.3, -0.25) is 9.48 Å². The van der Waals surface area contributed by atoms with E-state index in [2.05, 4.69) is 48.5 Å². The van der Waals surface area contributed by atoms with Gasteiger partial charge < -0.3 is 5.32 Å². The summed E-state index contributed by atoms with van der Waals surface area (Å²) in [6.45, 7) is 4.89. The van der Waals surface area contributed by atoms with Crippen LogP contribution in [0.1, 0.15) is 47.8 Å². The molecule has 0 spiro atoms. The number of carbonyl (C=O) groups is 1. The van der Waals surface area contributed by atoms with Gasteiger partial charge in [-0.2, -0.15) is 5.10 Å². The standard InChI is InChI=1S/C25H27N3O3S/c1-17(2)19-10-8-18(9-11-19)16-28-23-7-5-4-6-22(23)24(27-28)25(29)26-20-12-14-21(15-13-20)32(3,30)31/h4-14,17,21H,15-16H2,1-3H3,(H,26,29). The molecule has 0 radical (unpaired) electrons. The summed E-state index contributed by atoms with van der Waals surface area (Å²) in [6.07, 6.45) is 6.55. The van der Waals surface area contributed by atoms with E-state index < -0.39 is 15.1 Å². The lowest BCUT2D eigenvalue weighted by Crippen LogP contribution is -2.26. The third-order valence-electron chi connectivity index (χ3n) is 5.72. The van der Waals surface area contributed by atoms with Crippen molar-refractivity contribution < 1.29 is 13.2 Å². The molecular weight excluding hydrogens is 422 g/mol. The maximum atomic E-state index is 13.0. The zero-order chi connectivity index (χ0) is 22.9. The lowest BCUT2D eigenvalue weighted by atomic mass is 10.0. The van der Waals surface area contributed by atoms with E-state index in [0.717, 1.165) is 16.5 Å². The Morgan fingerprint density at radius 3 is 2.50 bits per heavy atom. The minimum Gasteiger partial charge on any atom is -0.321 e. The molecule has 0 fully saturated rings. The number of rotatable bonds is 6. The van der Waals surface area contributed by atoms with Crippen molar-refractivity contribution in [1.29, 1.82) is 0 Å². The van der Waals surface area contributed by atoms with Crippen LogP contribution in [0, 0.1) is 0 Å². The van der Waals surface area contributed by atoms with Crippen LogP contribution in [-0.4, -0.2) is 35.6 Å². The van der Waals surface area contributed by atoms with Crippen LogP contribution in [-0.2, 0) is 16.4 Å². The quantitative estimate of drug-likeness (QED) is 0.612. The van der Waals surface area contributed by atoms with Crippen molar-refractivity contribution in [2.75, 3.05) is 6.26 Å². The van der Waals surface area contributed by atoms with E-state index in [1.807, 2.05) is 28.9 Å². The first kappa shape index (κ1) is 22.0. The van der Waals surface area contributed by atoms with Gasteiger partial charge in [-0.25, -0.2) is 8.42 Å². The van der Waals surface area contributed by atoms with Gasteiger partial charge in [0.1, 0.15) is 0 Å². The number of nitrogens with one attached hydrogen (secondary N) is 1. The third kappa shape index (κ3) is 4.67. The number of aromatic nitrogens is 2. The minimum absolute atomic E-state index is 0.316. The Hall–Kier alpha value is -3.19. The van der Waals surface area contributed by atoms with Gasteiger partial charge >= 0.3 is 0 Å². The van der Waals surface area contributed by atoms with Crippen LogP contribution < -0.4 is 5.32 Å². The molecule has 4 rings (SSSR count). The van der Waals surface area contributed by atoms with Crippen molar-refractivity contribution in [3.8, 4) is 0 Å². The Bertz CT molecular complexity index is 1320. The summed E-state index contributed by atoms with van der Waals surface area (Å²) in [7, 11) is -3.15. The Labute approximate surface area is 188 Å². The molecule has 1 unspecified atom stereocenters. The fourth-order valence-corrected chi connectivity index (χ4v) is 4.61. The number of carbonyl (C=O) groups excluding carboxylic acids is 1. The number of hydrogen-bond donors (Lipinski definition) is 1. The van der Waals surface area contributed by atoms with E-state index in [-0.39, 0.29) is 5.91 Å². The summed E-state index contributed by atoms with van der Waals surface area (Å²) in [5, 5.41) is 7.71. The molecule has 1 atom stereocenters. The number of para-hydroxylation sites is 1. The van der Waals surface area contributed by atoms with Gasteiger partial charge in [0, 0.05) is 17.3 Å². The molecule has 0 saturated heterocycles. The second-order valence-corrected chi connectivity index (χ2v) is 10.8. The van der Waals surface area contributed by atoms with Gasteiger partial charge in [0.05, 0.1) is 17.3 Å². The predicted molar refractivity (Wildman–Crippen MR) is 127 cm³/mol. The summed E-state index contributed by atoms with van der Waals surface area (Å²) >= 11 is 0. The molecule has 0 bridgehead atoms. The number of allylic oxidation sites excluding steroid dienone is 2. The number of fused-ring (bicyclic) bond motifs is 1. The Morgan fingerprint density at radius 2 is 1.88 bits per heavy atom. The summed E-state index contributed by atoms with van der Waals surface area (Å²) < 4.78 is 25.3. The Morgan fingerprint density at radius 1 is 1.16 bits per heavy atom. The van der Waals surface area contributed by atoms with E-state index in [0.29, 0.717) is 30.3 Å². The summed E-state index contributed by atoms with van der Waals surface area (Å²) in [5.41, 5.74) is 4.21. The Kier molecular flexibility index (Phi) is 6.02. The van der Waals surface area contributed by atoms with Crippen LogP contribution in [0.3, 0.4) is 0 Å². The monoisotopic (exact) mass is 449 g/mol. The van der Waals surface area contributed by atoms with E-state index in [1.165, 1.54) is 11.8 Å². The second-order valence-electron chi connectivity index (χ2n) is 8.50. The molecule has 1 aromatic heterocycles. The van der Waals surface area contributed by atoms with Crippen LogP contribution in [0.5, 0.6) is 0 Å². The highest BCUT2D eigenvalue weighted by atomic mass is 32.2. The van der Waals surface area contributed by atoms with E-state index >= 15 is 0 Å². The van der Waals surface area contributed by atoms with Crippen molar-refractivity contribution in [1.82, 2.24) is 15.1 Å². The van der Waals surface area contributed by atoms with Crippen LogP contribution in [0.4, 0.5) is 0 Å². The first-order chi connectivity index (χ1) is 15.2. The fraction of sp³-hybridized carbons (Fsp3) is 0.280. The summed E-state index contributed by atoms with van der Waals surface area (Å²) in [6, 6.07) is 16.1. The van der Waals surface area contributed by atoms with Crippen LogP contribution in [0.15, 0.2) is 72.5 Å². The second kappa shape index (κ2) is 8.74. The van der Waals surface area contributed by atoms with Crippen molar-refractivity contribution in [3.63, 3.8) is 0 Å². The summed E-state index contributed by atoms with van der Waals surface area (Å²) in [4.78, 5) is 13.0. The van der Waals surface area contributed by atoms with Crippen molar-refractivity contribution >= 4 is 26.6 Å². The normalized spacial score (nSPS) is 16.4. The van der Waals surface area contributed by atoms with Gasteiger partial charge in [0.25, 0.3) is 5.91 Å². The molecule has 1 N–H and O–H groups in total. The highest BCUT2D eigenvalue weighted by molar-refractivity contribution is 7.91. The maximum Gasteiger partial charge on any atom is 0.276 e. The number of amides is 1. The number of nitrogens with zero attached hydrogens (tertiary/aromatic N) is 2. The first-order valence-electron chi connectivity index (χ1n) is 10.7. The van der Waals surface area contributed by atoms with Gasteiger partial charge in [0.15, 0.2) is 15.5 Å². The molecule has 32 heavy (non-hydrogen) atoms. The smallest absolute Gasteiger partial charge is 0.276 e. The predicted octanol–water partition coefficient (Wildman–Crippen LogP) is 4.19. The minimum atomic E-state index is -3.15. The van der Waals surface area contributed by atoms with Gasteiger partial charge in [0.2, 0.25) is 0 Å². The zero-order valence-corrected chi connectivity index (χ0v) is 19.3. The lowest BCUT2D eigenvalue weighted by molar-refractivity contribution is 0.0962. The molecule has 3 aromatic rings. The van der Waals surface area contributed by atoms with Crippen molar-refractivity contribution in [2.45, 2.75) is 38.0 Å². The van der Waals surface area contributed by atoms with Gasteiger partial charge in [-0.1, -0.05) is 68.5 Å². The molecule has 6 nitrogen and oxygen atoms in total. The van der Waals surface area contributed by atoms with Crippen molar-refractivity contribution in [3.05, 3.63) is 89.3 Å². The topological polar surface area (TPSA) is 81.1 Å². The van der Waals surface area contributed by atoms with Crippen LogP contribution in [0.2, 0.25) is 0 Å². The fourth-order valence-electron chi connectivity index (χ4n) is 3.80. The van der Waals surface area contributed by atoms with Gasteiger partial charge in [-0.15, -0.1) is 0 Å². The first-order valence-corrected chi connectivity index (χ1v) is 12.6. The highest BCUT2D eigenvalue weighted by Gasteiger charge is 2.21. The average Bonchev–Trinajstić information content (AvgIpc) is 3.12. The Balaban J connectivity index is 1.57. The molecule has 0 saturated carbocycles. The molecule has 2 aromatic carbocycles. The third-order valence-corrected chi connectivity index (χ3v) is 7.17.